The molecule has 2 amide bonds. The Labute approximate surface area is 150 Å². The van der Waals surface area contributed by atoms with E-state index in [2.05, 4.69) is 25.2 Å². The molecule has 0 saturated heterocycles. The van der Waals surface area contributed by atoms with Crippen molar-refractivity contribution >= 4 is 17.5 Å². The van der Waals surface area contributed by atoms with E-state index in [1.807, 2.05) is 13.8 Å². The molecular weight excluding hydrogens is 316 g/mol. The molecule has 1 aliphatic carbocycles. The Bertz CT molecular complexity index is 716. The van der Waals surface area contributed by atoms with Crippen LogP contribution in [-0.4, -0.2) is 37.9 Å². The first-order valence-corrected chi connectivity index (χ1v) is 8.45. The first-order chi connectivity index (χ1) is 11.6. The Morgan fingerprint density at radius 1 is 1.24 bits per heavy atom. The summed E-state index contributed by atoms with van der Waals surface area (Å²) in [5, 5.41) is 2.95. The van der Waals surface area contributed by atoms with Gasteiger partial charge in [-0.3, -0.25) is 9.59 Å². The van der Waals surface area contributed by atoms with E-state index >= 15 is 0 Å². The normalized spacial score (nSPS) is 20.4. The summed E-state index contributed by atoms with van der Waals surface area (Å²) in [6.07, 6.45) is 2.16. The van der Waals surface area contributed by atoms with Gasteiger partial charge in [0.05, 0.1) is 18.7 Å². The minimum absolute atomic E-state index is 0.0414. The first-order valence-electron chi connectivity index (χ1n) is 8.45. The van der Waals surface area contributed by atoms with Gasteiger partial charge in [-0.15, -0.1) is 0 Å². The van der Waals surface area contributed by atoms with E-state index < -0.39 is 0 Å². The summed E-state index contributed by atoms with van der Waals surface area (Å²) in [7, 11) is 4.94. The highest BCUT2D eigenvalue weighted by Gasteiger charge is 2.60. The molecule has 25 heavy (non-hydrogen) atoms. The monoisotopic (exact) mass is 344 g/mol. The van der Waals surface area contributed by atoms with Gasteiger partial charge in [-0.2, -0.15) is 0 Å². The number of amides is 2. The lowest BCUT2D eigenvalue weighted by molar-refractivity contribution is -0.118. The van der Waals surface area contributed by atoms with E-state index in [9.17, 15) is 9.59 Å². The molecule has 1 aromatic rings. The van der Waals surface area contributed by atoms with Crippen molar-refractivity contribution < 1.29 is 14.3 Å². The van der Waals surface area contributed by atoms with E-state index in [1.165, 1.54) is 10.5 Å². The van der Waals surface area contributed by atoms with Gasteiger partial charge in [0.25, 0.3) is 5.91 Å². The summed E-state index contributed by atoms with van der Waals surface area (Å²) in [6, 6.07) is 5.08. The number of carbonyl (C=O) groups excluding carboxylic acids is 2. The first kappa shape index (κ1) is 19.0. The van der Waals surface area contributed by atoms with Gasteiger partial charge in [-0.1, -0.05) is 25.5 Å². The van der Waals surface area contributed by atoms with E-state index in [-0.39, 0.29) is 29.1 Å². The van der Waals surface area contributed by atoms with Crippen LogP contribution in [0.4, 0.5) is 5.69 Å². The maximum Gasteiger partial charge on any atom is 0.253 e. The topological polar surface area (TPSA) is 58.6 Å². The molecule has 1 saturated carbocycles. The molecule has 1 aromatic carbocycles. The van der Waals surface area contributed by atoms with Crippen LogP contribution >= 0.6 is 0 Å². The second kappa shape index (κ2) is 6.90. The van der Waals surface area contributed by atoms with Gasteiger partial charge in [0.2, 0.25) is 5.91 Å². The van der Waals surface area contributed by atoms with Gasteiger partial charge >= 0.3 is 0 Å². The molecule has 0 aliphatic heterocycles. The molecule has 0 heterocycles. The summed E-state index contributed by atoms with van der Waals surface area (Å²) in [4.78, 5) is 26.4. The Morgan fingerprint density at radius 2 is 1.88 bits per heavy atom. The van der Waals surface area contributed by atoms with Crippen molar-refractivity contribution in [2.24, 2.45) is 17.3 Å². The zero-order valence-corrected chi connectivity index (χ0v) is 16.1. The fourth-order valence-corrected chi connectivity index (χ4v) is 3.26. The van der Waals surface area contributed by atoms with Crippen molar-refractivity contribution in [3.05, 3.63) is 35.4 Å². The number of anilines is 1. The molecule has 1 N–H and O–H groups in total. The lowest BCUT2D eigenvalue weighted by atomic mass is 10.1. The van der Waals surface area contributed by atoms with Crippen LogP contribution in [-0.2, 0) is 4.79 Å². The fraction of sp³-hybridized carbons (Fsp3) is 0.500. The number of ether oxygens (including phenoxy) is 1. The van der Waals surface area contributed by atoms with Gasteiger partial charge in [-0.25, -0.2) is 0 Å². The molecule has 2 rings (SSSR count). The standard InChI is InChI=1S/C20H28N2O3/c1-12(2)10-14-17(20(14,3)4)18(23)21-15-11-13(19(24)22(5)6)8-9-16(15)25-7/h8-11,14,17H,1-7H3,(H,21,23)/t14-,17+/m1/s1. The second-order valence-corrected chi connectivity index (χ2v) is 7.67. The zero-order valence-electron chi connectivity index (χ0n) is 16.1. The highest BCUT2D eigenvalue weighted by molar-refractivity contribution is 6.00. The van der Waals surface area contributed by atoms with Crippen molar-refractivity contribution in [2.75, 3.05) is 26.5 Å². The molecule has 2 atom stereocenters. The average Bonchev–Trinajstić information content (AvgIpc) is 3.06. The average molecular weight is 344 g/mol. The number of hydrogen-bond donors (Lipinski definition) is 1. The van der Waals surface area contributed by atoms with Crippen molar-refractivity contribution in [3.63, 3.8) is 0 Å². The van der Waals surface area contributed by atoms with Crippen LogP contribution in [0.15, 0.2) is 29.8 Å². The summed E-state index contributed by atoms with van der Waals surface area (Å²) < 4.78 is 5.33. The minimum atomic E-state index is -0.118. The number of rotatable bonds is 5. The summed E-state index contributed by atoms with van der Waals surface area (Å²) >= 11 is 0. The quantitative estimate of drug-likeness (QED) is 0.831. The summed E-state index contributed by atoms with van der Waals surface area (Å²) in [5.74, 6) is 0.531. The van der Waals surface area contributed by atoms with E-state index in [0.717, 1.165) is 0 Å². The molecule has 0 bridgehead atoms. The Balaban J connectivity index is 2.24. The molecule has 1 fully saturated rings. The predicted molar refractivity (Wildman–Crippen MR) is 99.8 cm³/mol. The SMILES string of the molecule is COc1ccc(C(=O)N(C)C)cc1NC(=O)[C@@H]1[C@@H](C=C(C)C)C1(C)C. The third-order valence-electron chi connectivity index (χ3n) is 4.82. The van der Waals surface area contributed by atoms with E-state index in [1.54, 1.807) is 39.4 Å². The van der Waals surface area contributed by atoms with Crippen LogP contribution in [0.1, 0.15) is 38.1 Å². The van der Waals surface area contributed by atoms with E-state index in [0.29, 0.717) is 17.0 Å². The number of benzene rings is 1. The molecule has 5 heteroatoms. The van der Waals surface area contributed by atoms with Crippen molar-refractivity contribution in [2.45, 2.75) is 27.7 Å². The largest absolute Gasteiger partial charge is 0.495 e. The van der Waals surface area contributed by atoms with Gasteiger partial charge in [0.15, 0.2) is 0 Å². The number of nitrogens with zero attached hydrogens (tertiary/aromatic N) is 1. The second-order valence-electron chi connectivity index (χ2n) is 7.67. The fourth-order valence-electron chi connectivity index (χ4n) is 3.26. The third-order valence-corrected chi connectivity index (χ3v) is 4.82. The minimum Gasteiger partial charge on any atom is -0.495 e. The molecule has 0 aromatic heterocycles. The number of nitrogens with one attached hydrogen (secondary N) is 1. The lowest BCUT2D eigenvalue weighted by Gasteiger charge is -2.14. The Kier molecular flexibility index (Phi) is 5.26. The zero-order chi connectivity index (χ0) is 18.9. The van der Waals surface area contributed by atoms with Crippen LogP contribution < -0.4 is 10.1 Å². The maximum atomic E-state index is 12.8. The number of hydrogen-bond acceptors (Lipinski definition) is 3. The van der Waals surface area contributed by atoms with Crippen LogP contribution in [0, 0.1) is 17.3 Å². The van der Waals surface area contributed by atoms with Gasteiger partial charge in [-0.05, 0) is 43.4 Å². The van der Waals surface area contributed by atoms with Gasteiger partial charge in [0.1, 0.15) is 5.75 Å². The molecule has 0 radical (unpaired) electrons. The van der Waals surface area contributed by atoms with Gasteiger partial charge in [0, 0.05) is 19.7 Å². The highest BCUT2D eigenvalue weighted by atomic mass is 16.5. The van der Waals surface area contributed by atoms with Crippen molar-refractivity contribution in [1.29, 1.82) is 0 Å². The molecule has 1 aliphatic rings. The van der Waals surface area contributed by atoms with Gasteiger partial charge < -0.3 is 15.0 Å². The van der Waals surface area contributed by atoms with Crippen LogP contribution in [0.2, 0.25) is 0 Å². The molecule has 5 nitrogen and oxygen atoms in total. The van der Waals surface area contributed by atoms with E-state index in [4.69, 9.17) is 4.74 Å². The Hall–Kier alpha value is -2.30. The van der Waals surface area contributed by atoms with Crippen LogP contribution in [0.5, 0.6) is 5.75 Å². The third kappa shape index (κ3) is 3.86. The highest BCUT2D eigenvalue weighted by Crippen LogP contribution is 2.59. The Morgan fingerprint density at radius 3 is 2.40 bits per heavy atom. The van der Waals surface area contributed by atoms with Crippen molar-refractivity contribution in [1.82, 2.24) is 4.90 Å². The summed E-state index contributed by atoms with van der Waals surface area (Å²) in [6.45, 7) is 8.29. The molecule has 136 valence electrons. The van der Waals surface area contributed by atoms with Crippen LogP contribution in [0.3, 0.4) is 0 Å². The predicted octanol–water partition coefficient (Wildman–Crippen LogP) is 3.57. The maximum absolute atomic E-state index is 12.8. The smallest absolute Gasteiger partial charge is 0.253 e. The van der Waals surface area contributed by atoms with Crippen molar-refractivity contribution in [3.8, 4) is 5.75 Å². The molecule has 0 unspecified atom stereocenters. The lowest BCUT2D eigenvalue weighted by Crippen LogP contribution is -2.22. The number of allylic oxidation sites excluding steroid dienone is 2. The molecular formula is C20H28N2O3. The van der Waals surface area contributed by atoms with Crippen LogP contribution in [0.25, 0.3) is 0 Å². The molecule has 0 spiro atoms. The number of carbonyl (C=O) groups is 2. The number of methoxy groups -OCH3 is 1. The summed E-state index contributed by atoms with van der Waals surface area (Å²) in [5.41, 5.74) is 2.19.